The van der Waals surface area contributed by atoms with Crippen LogP contribution in [0.15, 0.2) is 53.0 Å². The van der Waals surface area contributed by atoms with E-state index in [-0.39, 0.29) is 0 Å². The molecule has 3 N–H and O–H groups in total. The molecule has 0 atom stereocenters. The Morgan fingerprint density at radius 2 is 1.50 bits per heavy atom. The third-order valence-electron chi connectivity index (χ3n) is 4.44. The van der Waals surface area contributed by atoms with Crippen molar-refractivity contribution in [3.05, 3.63) is 64.1 Å². The Morgan fingerprint density at radius 1 is 0.864 bits per heavy atom. The van der Waals surface area contributed by atoms with Crippen molar-refractivity contribution in [2.75, 3.05) is 26.2 Å². The molecule has 1 fully saturated rings. The van der Waals surface area contributed by atoms with Gasteiger partial charge in [-0.15, -0.1) is 0 Å². The molecular formula is C18H23BrN2O+2. The zero-order valence-corrected chi connectivity index (χ0v) is 14.3. The summed E-state index contributed by atoms with van der Waals surface area (Å²) in [4.78, 5) is 3.22. The molecule has 1 heterocycles. The van der Waals surface area contributed by atoms with Crippen LogP contribution in [0.25, 0.3) is 0 Å². The molecule has 3 rings (SSSR count). The van der Waals surface area contributed by atoms with Crippen molar-refractivity contribution in [1.82, 2.24) is 0 Å². The second kappa shape index (κ2) is 7.27. The molecule has 0 aliphatic carbocycles. The van der Waals surface area contributed by atoms with Crippen molar-refractivity contribution in [3.8, 4) is 5.75 Å². The largest absolute Gasteiger partial charge is 0.507 e. The molecule has 1 aliphatic heterocycles. The number of benzene rings is 2. The molecule has 1 aliphatic rings. The second-order valence-corrected chi connectivity index (χ2v) is 7.03. The van der Waals surface area contributed by atoms with Crippen LogP contribution in [0.3, 0.4) is 0 Å². The molecule has 0 bridgehead atoms. The van der Waals surface area contributed by atoms with E-state index in [0.29, 0.717) is 5.75 Å². The Bertz CT molecular complexity index is 610. The number of phenolic OH excluding ortho intramolecular Hbond substituents is 1. The first-order chi connectivity index (χ1) is 10.7. The maximum atomic E-state index is 9.97. The van der Waals surface area contributed by atoms with Crippen molar-refractivity contribution in [2.24, 2.45) is 0 Å². The van der Waals surface area contributed by atoms with Crippen LogP contribution in [0.5, 0.6) is 5.75 Å². The summed E-state index contributed by atoms with van der Waals surface area (Å²) in [6.45, 7) is 6.74. The quantitative estimate of drug-likeness (QED) is 0.731. The summed E-state index contributed by atoms with van der Waals surface area (Å²) in [7, 11) is 0. The molecule has 22 heavy (non-hydrogen) atoms. The van der Waals surface area contributed by atoms with Crippen LogP contribution >= 0.6 is 15.9 Å². The van der Waals surface area contributed by atoms with Gasteiger partial charge in [0, 0.05) is 15.6 Å². The number of nitrogens with one attached hydrogen (secondary N) is 2. The molecule has 2 aromatic rings. The minimum absolute atomic E-state index is 0.412. The van der Waals surface area contributed by atoms with Crippen molar-refractivity contribution in [3.63, 3.8) is 0 Å². The summed E-state index contributed by atoms with van der Waals surface area (Å²) in [6, 6.07) is 16.4. The van der Waals surface area contributed by atoms with Gasteiger partial charge in [0.05, 0.1) is 0 Å². The maximum absolute atomic E-state index is 9.97. The van der Waals surface area contributed by atoms with Gasteiger partial charge >= 0.3 is 0 Å². The second-order valence-electron chi connectivity index (χ2n) is 6.11. The summed E-state index contributed by atoms with van der Waals surface area (Å²) < 4.78 is 1.04. The van der Waals surface area contributed by atoms with Gasteiger partial charge in [-0.25, -0.2) is 0 Å². The van der Waals surface area contributed by atoms with E-state index in [1.165, 1.54) is 18.7 Å². The van der Waals surface area contributed by atoms with Gasteiger partial charge in [0.2, 0.25) is 0 Å². The van der Waals surface area contributed by atoms with Gasteiger partial charge in [0.1, 0.15) is 45.0 Å². The van der Waals surface area contributed by atoms with Gasteiger partial charge in [-0.2, -0.15) is 0 Å². The summed E-state index contributed by atoms with van der Waals surface area (Å²) in [5, 5.41) is 9.97. The molecule has 2 aromatic carbocycles. The molecule has 0 spiro atoms. The number of piperazine rings is 1. The lowest BCUT2D eigenvalue weighted by atomic mass is 10.1. The van der Waals surface area contributed by atoms with E-state index < -0.39 is 0 Å². The van der Waals surface area contributed by atoms with Gasteiger partial charge in [0.25, 0.3) is 0 Å². The lowest BCUT2D eigenvalue weighted by Gasteiger charge is -2.30. The van der Waals surface area contributed by atoms with Crippen molar-refractivity contribution in [2.45, 2.75) is 13.1 Å². The van der Waals surface area contributed by atoms with Gasteiger partial charge in [-0.3, -0.25) is 0 Å². The number of phenols is 1. The van der Waals surface area contributed by atoms with Crippen LogP contribution < -0.4 is 9.80 Å². The van der Waals surface area contributed by atoms with E-state index >= 15 is 0 Å². The minimum atomic E-state index is 0.412. The van der Waals surface area contributed by atoms with E-state index in [1.807, 2.05) is 12.1 Å². The molecule has 4 heteroatoms. The number of hydrogen-bond donors (Lipinski definition) is 3. The fraction of sp³-hybridized carbons (Fsp3) is 0.333. The molecule has 0 aromatic heterocycles. The molecule has 1 saturated heterocycles. The van der Waals surface area contributed by atoms with E-state index in [4.69, 9.17) is 0 Å². The van der Waals surface area contributed by atoms with Gasteiger partial charge in [-0.05, 0) is 18.2 Å². The summed E-state index contributed by atoms with van der Waals surface area (Å²) in [5.74, 6) is 0.412. The Balaban J connectivity index is 1.52. The van der Waals surface area contributed by atoms with Crippen LogP contribution in [0.1, 0.15) is 11.1 Å². The smallest absolute Gasteiger partial charge is 0.127 e. The molecule has 3 nitrogen and oxygen atoms in total. The highest BCUT2D eigenvalue weighted by Gasteiger charge is 2.23. The van der Waals surface area contributed by atoms with Gasteiger partial charge in [0.15, 0.2) is 0 Å². The maximum Gasteiger partial charge on any atom is 0.127 e. The first kappa shape index (κ1) is 15.5. The van der Waals surface area contributed by atoms with E-state index in [1.54, 1.807) is 15.9 Å². The van der Waals surface area contributed by atoms with E-state index in [2.05, 4.69) is 46.3 Å². The van der Waals surface area contributed by atoms with Crippen LogP contribution in [0, 0.1) is 0 Å². The average molecular weight is 363 g/mol. The Hall–Kier alpha value is -1.36. The Kier molecular flexibility index (Phi) is 5.13. The monoisotopic (exact) mass is 362 g/mol. The first-order valence-electron chi connectivity index (χ1n) is 7.89. The lowest BCUT2D eigenvalue weighted by Crippen LogP contribution is -3.27. The Labute approximate surface area is 140 Å². The third-order valence-corrected chi connectivity index (χ3v) is 4.94. The molecule has 0 amide bonds. The molecule has 0 saturated carbocycles. The summed E-state index contributed by atoms with van der Waals surface area (Å²) in [6.07, 6.45) is 0. The van der Waals surface area contributed by atoms with Crippen molar-refractivity contribution < 1.29 is 14.9 Å². The van der Waals surface area contributed by atoms with E-state index in [9.17, 15) is 5.11 Å². The molecular weight excluding hydrogens is 340 g/mol. The Morgan fingerprint density at radius 3 is 2.18 bits per heavy atom. The van der Waals surface area contributed by atoms with Crippen LogP contribution in [0.4, 0.5) is 0 Å². The van der Waals surface area contributed by atoms with Crippen LogP contribution in [0.2, 0.25) is 0 Å². The normalized spacial score (nSPS) is 21.7. The number of aromatic hydroxyl groups is 1. The van der Waals surface area contributed by atoms with Gasteiger partial charge < -0.3 is 14.9 Å². The number of hydrogen-bond acceptors (Lipinski definition) is 1. The summed E-state index contributed by atoms with van der Waals surface area (Å²) >= 11 is 3.48. The fourth-order valence-electron chi connectivity index (χ4n) is 3.16. The predicted octanol–water partition coefficient (Wildman–Crippen LogP) is 0.638. The lowest BCUT2D eigenvalue weighted by molar-refractivity contribution is -1.02. The summed E-state index contributed by atoms with van der Waals surface area (Å²) in [5.41, 5.74) is 2.46. The topological polar surface area (TPSA) is 29.1 Å². The average Bonchev–Trinajstić information content (AvgIpc) is 2.54. The predicted molar refractivity (Wildman–Crippen MR) is 91.1 cm³/mol. The fourth-order valence-corrected chi connectivity index (χ4v) is 3.57. The zero-order valence-electron chi connectivity index (χ0n) is 12.7. The molecule has 116 valence electrons. The zero-order chi connectivity index (χ0) is 15.4. The SMILES string of the molecule is Oc1ccc(Br)cc1C[NH+]1CC[NH+](Cc2ccccc2)CC1. The highest BCUT2D eigenvalue weighted by molar-refractivity contribution is 9.10. The van der Waals surface area contributed by atoms with Crippen molar-refractivity contribution >= 4 is 15.9 Å². The number of halogens is 1. The van der Waals surface area contributed by atoms with E-state index in [0.717, 1.165) is 36.2 Å². The first-order valence-corrected chi connectivity index (χ1v) is 8.68. The molecule has 0 radical (unpaired) electrons. The molecule has 0 unspecified atom stereocenters. The standard InChI is InChI=1S/C18H21BrN2O/c19-17-6-7-18(22)16(12-17)14-21-10-8-20(9-11-21)13-15-4-2-1-3-5-15/h1-7,12,22H,8-11,13-14H2/p+2. The number of quaternary nitrogens is 2. The highest BCUT2D eigenvalue weighted by Crippen LogP contribution is 2.20. The minimum Gasteiger partial charge on any atom is -0.507 e. The van der Waals surface area contributed by atoms with Crippen LogP contribution in [-0.2, 0) is 13.1 Å². The van der Waals surface area contributed by atoms with Crippen LogP contribution in [-0.4, -0.2) is 31.3 Å². The van der Waals surface area contributed by atoms with Crippen molar-refractivity contribution in [1.29, 1.82) is 0 Å². The third kappa shape index (κ3) is 4.09. The highest BCUT2D eigenvalue weighted by atomic mass is 79.9. The van der Waals surface area contributed by atoms with Gasteiger partial charge in [-0.1, -0.05) is 46.3 Å². The number of rotatable bonds is 4.